The van der Waals surface area contributed by atoms with E-state index in [4.69, 9.17) is 0 Å². The fourth-order valence-electron chi connectivity index (χ4n) is 2.92. The summed E-state index contributed by atoms with van der Waals surface area (Å²) in [5.74, 6) is 0.552. The minimum atomic E-state index is 0.269. The van der Waals surface area contributed by atoms with Crippen molar-refractivity contribution in [2.24, 2.45) is 5.92 Å². The van der Waals surface area contributed by atoms with E-state index in [1.165, 1.54) is 18.5 Å². The largest absolute Gasteiger partial charge is 0.372 e. The van der Waals surface area contributed by atoms with Crippen LogP contribution in [0, 0.1) is 5.92 Å². The van der Waals surface area contributed by atoms with Crippen LogP contribution in [-0.2, 0) is 4.79 Å². The molecular weight excluding hydrogens is 248 g/mol. The molecule has 0 heterocycles. The summed E-state index contributed by atoms with van der Waals surface area (Å²) < 4.78 is 0. The summed E-state index contributed by atoms with van der Waals surface area (Å²) in [5.41, 5.74) is 1.26. The number of rotatable bonds is 7. The number of hydrogen-bond donors (Lipinski definition) is 1. The SMILES string of the molecule is CCN(CCCNC(=O)C1CCCC1)c1ccccc1. The Labute approximate surface area is 122 Å². The van der Waals surface area contributed by atoms with Gasteiger partial charge in [-0.3, -0.25) is 4.79 Å². The Morgan fingerprint density at radius 1 is 1.25 bits per heavy atom. The minimum Gasteiger partial charge on any atom is -0.372 e. The highest BCUT2D eigenvalue weighted by Crippen LogP contribution is 2.24. The van der Waals surface area contributed by atoms with Gasteiger partial charge in [-0.1, -0.05) is 31.0 Å². The first-order valence-corrected chi connectivity index (χ1v) is 7.89. The van der Waals surface area contributed by atoms with Crippen molar-refractivity contribution in [3.05, 3.63) is 30.3 Å². The van der Waals surface area contributed by atoms with E-state index in [-0.39, 0.29) is 11.8 Å². The van der Waals surface area contributed by atoms with Crippen molar-refractivity contribution in [3.8, 4) is 0 Å². The molecular formula is C17H26N2O. The Balaban J connectivity index is 1.68. The first-order valence-electron chi connectivity index (χ1n) is 7.89. The molecule has 1 N–H and O–H groups in total. The van der Waals surface area contributed by atoms with E-state index in [0.29, 0.717) is 0 Å². The molecule has 0 aromatic heterocycles. The quantitative estimate of drug-likeness (QED) is 0.774. The lowest BCUT2D eigenvalue weighted by Crippen LogP contribution is -2.32. The second-order valence-electron chi connectivity index (χ2n) is 5.54. The summed E-state index contributed by atoms with van der Waals surface area (Å²) >= 11 is 0. The van der Waals surface area contributed by atoms with Gasteiger partial charge in [-0.2, -0.15) is 0 Å². The molecule has 1 aliphatic carbocycles. The molecule has 3 nitrogen and oxygen atoms in total. The van der Waals surface area contributed by atoms with E-state index >= 15 is 0 Å². The molecule has 1 fully saturated rings. The number of nitrogens with one attached hydrogen (secondary N) is 1. The second kappa shape index (κ2) is 7.93. The molecule has 3 heteroatoms. The summed E-state index contributed by atoms with van der Waals surface area (Å²) in [7, 11) is 0. The normalized spacial score (nSPS) is 15.2. The van der Waals surface area contributed by atoms with Gasteiger partial charge in [0, 0.05) is 31.2 Å². The molecule has 1 aromatic carbocycles. The van der Waals surface area contributed by atoms with Gasteiger partial charge in [0.25, 0.3) is 0 Å². The molecule has 1 aromatic rings. The maximum Gasteiger partial charge on any atom is 0.223 e. The Bertz CT molecular complexity index is 399. The molecule has 0 radical (unpaired) electrons. The molecule has 0 atom stereocenters. The summed E-state index contributed by atoms with van der Waals surface area (Å²) in [4.78, 5) is 14.3. The highest BCUT2D eigenvalue weighted by molar-refractivity contribution is 5.78. The first-order chi connectivity index (χ1) is 9.81. The lowest BCUT2D eigenvalue weighted by molar-refractivity contribution is -0.124. The number of benzene rings is 1. The van der Waals surface area contributed by atoms with Crippen molar-refractivity contribution in [3.63, 3.8) is 0 Å². The van der Waals surface area contributed by atoms with Gasteiger partial charge < -0.3 is 10.2 Å². The molecule has 110 valence electrons. The van der Waals surface area contributed by atoms with Crippen molar-refractivity contribution in [2.45, 2.75) is 39.0 Å². The van der Waals surface area contributed by atoms with Crippen LogP contribution in [0.4, 0.5) is 5.69 Å². The van der Waals surface area contributed by atoms with E-state index in [1.54, 1.807) is 0 Å². The van der Waals surface area contributed by atoms with Gasteiger partial charge in [-0.15, -0.1) is 0 Å². The van der Waals surface area contributed by atoms with Crippen LogP contribution >= 0.6 is 0 Å². The maximum atomic E-state index is 11.9. The van der Waals surface area contributed by atoms with Crippen molar-refractivity contribution >= 4 is 11.6 Å². The second-order valence-corrected chi connectivity index (χ2v) is 5.54. The number of hydrogen-bond acceptors (Lipinski definition) is 2. The van der Waals surface area contributed by atoms with Gasteiger partial charge in [0.2, 0.25) is 5.91 Å². The fraction of sp³-hybridized carbons (Fsp3) is 0.588. The number of para-hydroxylation sites is 1. The van der Waals surface area contributed by atoms with Crippen LogP contribution in [0.1, 0.15) is 39.0 Å². The molecule has 1 amide bonds. The van der Waals surface area contributed by atoms with Gasteiger partial charge in [0.15, 0.2) is 0 Å². The van der Waals surface area contributed by atoms with E-state index < -0.39 is 0 Å². The molecule has 0 aliphatic heterocycles. The van der Waals surface area contributed by atoms with Crippen LogP contribution in [0.5, 0.6) is 0 Å². The van der Waals surface area contributed by atoms with Crippen LogP contribution < -0.4 is 10.2 Å². The van der Waals surface area contributed by atoms with Crippen molar-refractivity contribution in [2.75, 3.05) is 24.5 Å². The zero-order valence-corrected chi connectivity index (χ0v) is 12.5. The molecule has 2 rings (SSSR count). The maximum absolute atomic E-state index is 11.9. The number of carbonyl (C=O) groups excluding carboxylic acids is 1. The molecule has 0 bridgehead atoms. The van der Waals surface area contributed by atoms with Crippen LogP contribution in [0.25, 0.3) is 0 Å². The van der Waals surface area contributed by atoms with Crippen LogP contribution in [0.2, 0.25) is 0 Å². The van der Waals surface area contributed by atoms with E-state index in [9.17, 15) is 4.79 Å². The summed E-state index contributed by atoms with van der Waals surface area (Å²) in [6.45, 7) is 4.95. The predicted octanol–water partition coefficient (Wildman–Crippen LogP) is 3.21. The summed E-state index contributed by atoms with van der Waals surface area (Å²) in [6, 6.07) is 10.5. The molecule has 1 saturated carbocycles. The summed E-state index contributed by atoms with van der Waals surface area (Å²) in [6.07, 6.45) is 5.60. The zero-order chi connectivity index (χ0) is 14.2. The average Bonchev–Trinajstić information content (AvgIpc) is 3.02. The highest BCUT2D eigenvalue weighted by Gasteiger charge is 2.21. The Kier molecular flexibility index (Phi) is 5.90. The Morgan fingerprint density at radius 2 is 1.95 bits per heavy atom. The summed E-state index contributed by atoms with van der Waals surface area (Å²) in [5, 5.41) is 3.09. The molecule has 0 spiro atoms. The smallest absolute Gasteiger partial charge is 0.223 e. The van der Waals surface area contributed by atoms with Crippen molar-refractivity contribution in [1.29, 1.82) is 0 Å². The van der Waals surface area contributed by atoms with Gasteiger partial charge >= 0.3 is 0 Å². The lowest BCUT2D eigenvalue weighted by Gasteiger charge is -2.23. The number of anilines is 1. The molecule has 20 heavy (non-hydrogen) atoms. The van der Waals surface area contributed by atoms with E-state index in [2.05, 4.69) is 41.4 Å². The number of carbonyl (C=O) groups is 1. The minimum absolute atomic E-state index is 0.269. The molecule has 1 aliphatic rings. The van der Waals surface area contributed by atoms with Crippen LogP contribution in [-0.4, -0.2) is 25.5 Å². The van der Waals surface area contributed by atoms with Crippen molar-refractivity contribution in [1.82, 2.24) is 5.32 Å². The van der Waals surface area contributed by atoms with Gasteiger partial charge in [-0.25, -0.2) is 0 Å². The van der Waals surface area contributed by atoms with Gasteiger partial charge in [0.1, 0.15) is 0 Å². The Hall–Kier alpha value is -1.51. The van der Waals surface area contributed by atoms with Crippen LogP contribution in [0.3, 0.4) is 0 Å². The first kappa shape index (κ1) is 14.9. The zero-order valence-electron chi connectivity index (χ0n) is 12.5. The van der Waals surface area contributed by atoms with Crippen molar-refractivity contribution < 1.29 is 4.79 Å². The number of amides is 1. The predicted molar refractivity (Wildman–Crippen MR) is 83.9 cm³/mol. The third kappa shape index (κ3) is 4.26. The highest BCUT2D eigenvalue weighted by atomic mass is 16.1. The third-order valence-electron chi connectivity index (χ3n) is 4.13. The fourth-order valence-corrected chi connectivity index (χ4v) is 2.92. The average molecular weight is 274 g/mol. The van der Waals surface area contributed by atoms with Gasteiger partial charge in [-0.05, 0) is 38.3 Å². The van der Waals surface area contributed by atoms with Gasteiger partial charge in [0.05, 0.1) is 0 Å². The topological polar surface area (TPSA) is 32.3 Å². The Morgan fingerprint density at radius 3 is 2.60 bits per heavy atom. The standard InChI is InChI=1S/C17H26N2O/c1-2-19(16-11-4-3-5-12-16)14-8-13-18-17(20)15-9-6-7-10-15/h3-5,11-12,15H,2,6-10,13-14H2,1H3,(H,18,20). The lowest BCUT2D eigenvalue weighted by atomic mass is 10.1. The molecule has 0 unspecified atom stereocenters. The molecule has 0 saturated heterocycles. The monoisotopic (exact) mass is 274 g/mol. The van der Waals surface area contributed by atoms with E-state index in [1.807, 2.05) is 6.07 Å². The third-order valence-corrected chi connectivity index (χ3v) is 4.13. The van der Waals surface area contributed by atoms with E-state index in [0.717, 1.165) is 38.9 Å². The number of nitrogens with zero attached hydrogens (tertiary/aromatic N) is 1. The van der Waals surface area contributed by atoms with Crippen LogP contribution in [0.15, 0.2) is 30.3 Å².